The first-order valence-corrected chi connectivity index (χ1v) is 2.86. The highest BCUT2D eigenvalue weighted by Crippen LogP contribution is 2.10. The first-order chi connectivity index (χ1) is 4.22. The largest absolute Gasteiger partial charge is 0.369 e. The summed E-state index contributed by atoms with van der Waals surface area (Å²) in [5, 5.41) is 2.73. The molecule has 0 spiro atoms. The highest BCUT2D eigenvalue weighted by atomic mass is 35.5. The van der Waals surface area contributed by atoms with Gasteiger partial charge in [-0.1, -0.05) is 0 Å². The monoisotopic (exact) mass is 168 g/mol. The van der Waals surface area contributed by atoms with Gasteiger partial charge >= 0.3 is 0 Å². The van der Waals surface area contributed by atoms with Crippen LogP contribution in [0.1, 0.15) is 0 Å². The number of carbonyl (C=O) groups is 1. The average Bonchev–Trinajstić information content (AvgIpc) is 2.13. The van der Waals surface area contributed by atoms with Crippen molar-refractivity contribution in [2.24, 2.45) is 11.7 Å². The standard InChI is InChI=1S/C5H9FN2O.ClH/c6-4-2-8-1-3(4)5(7)9;/h3-4,8H,1-2H2,(H2,7,9);1H. The number of amides is 1. The fraction of sp³-hybridized carbons (Fsp3) is 0.800. The van der Waals surface area contributed by atoms with Crippen LogP contribution in [-0.2, 0) is 4.79 Å². The van der Waals surface area contributed by atoms with E-state index >= 15 is 0 Å². The summed E-state index contributed by atoms with van der Waals surface area (Å²) in [5.74, 6) is -1.16. The Kier molecular flexibility index (Phi) is 3.60. The molecule has 2 unspecified atom stereocenters. The van der Waals surface area contributed by atoms with Gasteiger partial charge in [-0.15, -0.1) is 12.4 Å². The average molecular weight is 169 g/mol. The van der Waals surface area contributed by atoms with Crippen molar-refractivity contribution in [1.29, 1.82) is 0 Å². The normalized spacial score (nSPS) is 31.3. The number of hydrogen-bond donors (Lipinski definition) is 2. The van der Waals surface area contributed by atoms with Crippen LogP contribution in [0.4, 0.5) is 4.39 Å². The molecule has 1 fully saturated rings. The van der Waals surface area contributed by atoms with Crippen molar-refractivity contribution >= 4 is 18.3 Å². The summed E-state index contributed by atoms with van der Waals surface area (Å²) >= 11 is 0. The Morgan fingerprint density at radius 1 is 1.60 bits per heavy atom. The predicted octanol–water partition coefficient (Wildman–Crippen LogP) is -0.549. The van der Waals surface area contributed by atoms with Gasteiger partial charge in [0.15, 0.2) is 0 Å². The van der Waals surface area contributed by atoms with Gasteiger partial charge in [0.25, 0.3) is 0 Å². The molecule has 0 radical (unpaired) electrons. The second kappa shape index (κ2) is 3.73. The van der Waals surface area contributed by atoms with Gasteiger partial charge in [-0.3, -0.25) is 4.79 Å². The van der Waals surface area contributed by atoms with Crippen LogP contribution >= 0.6 is 12.4 Å². The van der Waals surface area contributed by atoms with E-state index < -0.39 is 18.0 Å². The van der Waals surface area contributed by atoms with Gasteiger partial charge in [0.1, 0.15) is 6.17 Å². The lowest BCUT2D eigenvalue weighted by Gasteiger charge is -2.03. The number of nitrogens with one attached hydrogen (secondary N) is 1. The third-order valence-electron chi connectivity index (χ3n) is 1.51. The van der Waals surface area contributed by atoms with E-state index in [-0.39, 0.29) is 19.0 Å². The Hall–Kier alpha value is -0.350. The van der Waals surface area contributed by atoms with Crippen LogP contribution in [0.5, 0.6) is 0 Å². The number of primary amides is 1. The molecule has 3 nitrogen and oxygen atoms in total. The molecular formula is C5H10ClFN2O. The topological polar surface area (TPSA) is 55.1 Å². The second-order valence-electron chi connectivity index (χ2n) is 2.18. The molecule has 1 rings (SSSR count). The highest BCUT2D eigenvalue weighted by Gasteiger charge is 2.30. The number of halogens is 2. The molecule has 0 bridgehead atoms. The molecule has 1 saturated heterocycles. The van der Waals surface area contributed by atoms with Crippen LogP contribution in [0.3, 0.4) is 0 Å². The van der Waals surface area contributed by atoms with E-state index in [9.17, 15) is 9.18 Å². The molecule has 1 amide bonds. The van der Waals surface area contributed by atoms with Crippen molar-refractivity contribution in [3.63, 3.8) is 0 Å². The van der Waals surface area contributed by atoms with Gasteiger partial charge in [0, 0.05) is 13.1 Å². The van der Waals surface area contributed by atoms with Crippen LogP contribution in [0, 0.1) is 5.92 Å². The van der Waals surface area contributed by atoms with Gasteiger partial charge < -0.3 is 11.1 Å². The van der Waals surface area contributed by atoms with E-state index in [1.54, 1.807) is 0 Å². The zero-order chi connectivity index (χ0) is 6.85. The van der Waals surface area contributed by atoms with E-state index in [2.05, 4.69) is 5.32 Å². The summed E-state index contributed by atoms with van der Waals surface area (Å²) in [6.07, 6.45) is -1.08. The number of nitrogens with two attached hydrogens (primary N) is 1. The van der Waals surface area contributed by atoms with Crippen molar-refractivity contribution in [2.75, 3.05) is 13.1 Å². The van der Waals surface area contributed by atoms with Gasteiger partial charge in [-0.2, -0.15) is 0 Å². The number of rotatable bonds is 1. The summed E-state index contributed by atoms with van der Waals surface area (Å²) in [6.45, 7) is 0.643. The Morgan fingerprint density at radius 3 is 2.40 bits per heavy atom. The lowest BCUT2D eigenvalue weighted by atomic mass is 10.1. The summed E-state index contributed by atoms with van der Waals surface area (Å²) in [5.41, 5.74) is 4.87. The SMILES string of the molecule is Cl.NC(=O)C1CNCC1F. The zero-order valence-electron chi connectivity index (χ0n) is 5.34. The van der Waals surface area contributed by atoms with Crippen molar-refractivity contribution in [3.05, 3.63) is 0 Å². The molecule has 60 valence electrons. The van der Waals surface area contributed by atoms with Crippen LogP contribution in [0.25, 0.3) is 0 Å². The lowest BCUT2D eigenvalue weighted by Crippen LogP contribution is -2.30. The third kappa shape index (κ3) is 1.82. The summed E-state index contributed by atoms with van der Waals surface area (Å²) < 4.78 is 12.5. The van der Waals surface area contributed by atoms with E-state index in [4.69, 9.17) is 5.73 Å². The Bertz CT molecular complexity index is 133. The summed E-state index contributed by atoms with van der Waals surface area (Å²) in [4.78, 5) is 10.4. The van der Waals surface area contributed by atoms with E-state index in [0.29, 0.717) is 6.54 Å². The Labute approximate surface area is 64.6 Å². The molecule has 10 heavy (non-hydrogen) atoms. The second-order valence-corrected chi connectivity index (χ2v) is 2.18. The third-order valence-corrected chi connectivity index (χ3v) is 1.51. The van der Waals surface area contributed by atoms with Crippen LogP contribution in [0.15, 0.2) is 0 Å². The number of hydrogen-bond acceptors (Lipinski definition) is 2. The van der Waals surface area contributed by atoms with Gasteiger partial charge in [0.2, 0.25) is 5.91 Å². The molecule has 3 N–H and O–H groups in total. The molecule has 5 heteroatoms. The molecular weight excluding hydrogens is 159 g/mol. The van der Waals surface area contributed by atoms with Crippen LogP contribution < -0.4 is 11.1 Å². The Morgan fingerprint density at radius 2 is 2.20 bits per heavy atom. The molecule has 1 heterocycles. The smallest absolute Gasteiger partial charge is 0.224 e. The summed E-state index contributed by atoms with van der Waals surface area (Å²) in [6, 6.07) is 0. The molecule has 0 aromatic carbocycles. The lowest BCUT2D eigenvalue weighted by molar-refractivity contribution is -0.122. The minimum atomic E-state index is -1.08. The van der Waals surface area contributed by atoms with E-state index in [1.807, 2.05) is 0 Å². The zero-order valence-corrected chi connectivity index (χ0v) is 6.16. The molecule has 0 aromatic rings. The maximum atomic E-state index is 12.5. The van der Waals surface area contributed by atoms with Crippen molar-refractivity contribution < 1.29 is 9.18 Å². The van der Waals surface area contributed by atoms with Gasteiger partial charge in [-0.05, 0) is 0 Å². The molecule has 2 atom stereocenters. The van der Waals surface area contributed by atoms with Crippen molar-refractivity contribution in [2.45, 2.75) is 6.17 Å². The minimum Gasteiger partial charge on any atom is -0.369 e. The first-order valence-electron chi connectivity index (χ1n) is 2.86. The Balaban J connectivity index is 0.000000810. The fourth-order valence-electron chi connectivity index (χ4n) is 0.926. The van der Waals surface area contributed by atoms with Crippen molar-refractivity contribution in [1.82, 2.24) is 5.32 Å². The van der Waals surface area contributed by atoms with Crippen LogP contribution in [0.2, 0.25) is 0 Å². The molecule has 0 aromatic heterocycles. The maximum absolute atomic E-state index is 12.5. The van der Waals surface area contributed by atoms with E-state index in [0.717, 1.165) is 0 Å². The number of carbonyl (C=O) groups excluding carboxylic acids is 1. The van der Waals surface area contributed by atoms with Crippen LogP contribution in [-0.4, -0.2) is 25.2 Å². The predicted molar refractivity (Wildman–Crippen MR) is 37.7 cm³/mol. The first kappa shape index (κ1) is 9.65. The summed E-state index contributed by atoms with van der Waals surface area (Å²) in [7, 11) is 0. The number of alkyl halides is 1. The maximum Gasteiger partial charge on any atom is 0.224 e. The molecule has 1 aliphatic rings. The van der Waals surface area contributed by atoms with E-state index in [1.165, 1.54) is 0 Å². The molecule has 0 aliphatic carbocycles. The molecule has 1 aliphatic heterocycles. The highest BCUT2D eigenvalue weighted by molar-refractivity contribution is 5.85. The minimum absolute atomic E-state index is 0. The quantitative estimate of drug-likeness (QED) is 0.552. The van der Waals surface area contributed by atoms with Gasteiger partial charge in [0.05, 0.1) is 5.92 Å². The molecule has 0 saturated carbocycles. The fourth-order valence-corrected chi connectivity index (χ4v) is 0.926. The van der Waals surface area contributed by atoms with Crippen molar-refractivity contribution in [3.8, 4) is 0 Å². The van der Waals surface area contributed by atoms with Gasteiger partial charge in [-0.25, -0.2) is 4.39 Å².